The Labute approximate surface area is 178 Å². The third-order valence-corrected chi connectivity index (χ3v) is 4.51. The zero-order valence-corrected chi connectivity index (χ0v) is 17.4. The quantitative estimate of drug-likeness (QED) is 0.511. The van der Waals surface area contributed by atoms with Crippen LogP contribution >= 0.6 is 0 Å². The number of hydrogen-bond acceptors (Lipinski definition) is 5. The molecular formula is C22H23FN4O4. The molecule has 0 atom stereocenters. The first kappa shape index (κ1) is 21.8. The first-order valence-corrected chi connectivity index (χ1v) is 9.52. The summed E-state index contributed by atoms with van der Waals surface area (Å²) in [6, 6.07) is 11.1. The molecule has 162 valence electrons. The lowest BCUT2D eigenvalue weighted by atomic mass is 10.1. The van der Waals surface area contributed by atoms with Crippen LogP contribution in [-0.2, 0) is 17.6 Å². The predicted molar refractivity (Wildman–Crippen MR) is 114 cm³/mol. The smallest absolute Gasteiger partial charge is 0.256 e. The van der Waals surface area contributed by atoms with Crippen LogP contribution in [0.1, 0.15) is 28.5 Å². The minimum absolute atomic E-state index is 0.0587. The van der Waals surface area contributed by atoms with E-state index in [0.717, 1.165) is 17.3 Å². The van der Waals surface area contributed by atoms with Gasteiger partial charge in [0.05, 0.1) is 19.9 Å². The molecule has 2 amide bonds. The van der Waals surface area contributed by atoms with E-state index < -0.39 is 17.6 Å². The molecule has 0 fully saturated rings. The van der Waals surface area contributed by atoms with E-state index >= 15 is 0 Å². The number of aryl methyl sites for hydroxylation is 2. The van der Waals surface area contributed by atoms with Crippen LogP contribution in [0.5, 0.6) is 11.5 Å². The Hall–Kier alpha value is -3.88. The Morgan fingerprint density at radius 1 is 1.00 bits per heavy atom. The first-order valence-electron chi connectivity index (χ1n) is 9.52. The maximum atomic E-state index is 13.8. The van der Waals surface area contributed by atoms with Crippen LogP contribution in [0.3, 0.4) is 0 Å². The number of anilines is 2. The number of hydrogen-bond donors (Lipinski definition) is 3. The third kappa shape index (κ3) is 5.81. The van der Waals surface area contributed by atoms with E-state index in [9.17, 15) is 14.0 Å². The molecule has 3 rings (SSSR count). The Kier molecular flexibility index (Phi) is 6.86. The molecule has 0 saturated carbocycles. The molecular weight excluding hydrogens is 403 g/mol. The van der Waals surface area contributed by atoms with Crippen molar-refractivity contribution in [3.63, 3.8) is 0 Å². The Morgan fingerprint density at radius 3 is 2.35 bits per heavy atom. The number of carbonyl (C=O) groups excluding carboxylic acids is 2. The average molecular weight is 426 g/mol. The molecule has 0 aliphatic rings. The van der Waals surface area contributed by atoms with Gasteiger partial charge in [-0.05, 0) is 48.7 Å². The average Bonchev–Trinajstić information content (AvgIpc) is 3.20. The van der Waals surface area contributed by atoms with Crippen molar-refractivity contribution in [3.05, 3.63) is 65.1 Å². The Bertz CT molecular complexity index is 1070. The number of carbonyl (C=O) groups is 2. The van der Waals surface area contributed by atoms with Gasteiger partial charge in [-0.2, -0.15) is 5.10 Å². The highest BCUT2D eigenvalue weighted by Crippen LogP contribution is 2.23. The largest absolute Gasteiger partial charge is 0.497 e. The lowest BCUT2D eigenvalue weighted by molar-refractivity contribution is -0.114. The number of aromatic amines is 1. The molecule has 1 aromatic heterocycles. The van der Waals surface area contributed by atoms with Gasteiger partial charge in [-0.25, -0.2) is 4.39 Å². The standard InChI is InChI=1S/C22H23FN4O4/c1-13(28)24-20-10-15(5-7-19(20)23)22(29)25-21-11-16(26-27-21)6-4-14-8-17(30-2)12-18(9-14)31-3/h5,7-12H,4,6H2,1-3H3,(H,24,28)(H2,25,26,27,29). The van der Waals surface area contributed by atoms with E-state index in [2.05, 4.69) is 20.8 Å². The number of nitrogens with zero attached hydrogens (tertiary/aromatic N) is 1. The number of methoxy groups -OCH3 is 2. The van der Waals surface area contributed by atoms with Crippen molar-refractivity contribution in [2.24, 2.45) is 0 Å². The van der Waals surface area contributed by atoms with Crippen LogP contribution in [0, 0.1) is 5.82 Å². The summed E-state index contributed by atoms with van der Waals surface area (Å²) in [4.78, 5) is 23.6. The number of H-pyrrole nitrogens is 1. The zero-order chi connectivity index (χ0) is 22.4. The molecule has 0 aliphatic heterocycles. The van der Waals surface area contributed by atoms with Gasteiger partial charge in [0.1, 0.15) is 17.3 Å². The fourth-order valence-electron chi connectivity index (χ4n) is 2.98. The van der Waals surface area contributed by atoms with Crippen molar-refractivity contribution in [3.8, 4) is 11.5 Å². The van der Waals surface area contributed by atoms with E-state index in [1.165, 1.54) is 19.1 Å². The van der Waals surface area contributed by atoms with Gasteiger partial charge in [-0.3, -0.25) is 14.7 Å². The number of halogens is 1. The SMILES string of the molecule is COc1cc(CCc2cc(NC(=O)c3ccc(F)c(NC(C)=O)c3)n[nH]2)cc(OC)c1. The van der Waals surface area contributed by atoms with Gasteiger partial charge >= 0.3 is 0 Å². The predicted octanol–water partition coefficient (Wildman–Crippen LogP) is 3.56. The second-order valence-electron chi connectivity index (χ2n) is 6.83. The topological polar surface area (TPSA) is 105 Å². The molecule has 1 heterocycles. The van der Waals surface area contributed by atoms with Crippen molar-refractivity contribution in [1.82, 2.24) is 10.2 Å². The van der Waals surface area contributed by atoms with Crippen molar-refractivity contribution in [2.45, 2.75) is 19.8 Å². The highest BCUT2D eigenvalue weighted by atomic mass is 19.1. The van der Waals surface area contributed by atoms with Crippen LogP contribution in [0.25, 0.3) is 0 Å². The van der Waals surface area contributed by atoms with Crippen molar-refractivity contribution < 1.29 is 23.5 Å². The number of ether oxygens (including phenoxy) is 2. The molecule has 3 aromatic rings. The van der Waals surface area contributed by atoms with Crippen LogP contribution in [0.4, 0.5) is 15.9 Å². The highest BCUT2D eigenvalue weighted by Gasteiger charge is 2.13. The van der Waals surface area contributed by atoms with E-state index in [1.807, 2.05) is 12.1 Å². The van der Waals surface area contributed by atoms with Gasteiger partial charge in [0.15, 0.2) is 5.82 Å². The van der Waals surface area contributed by atoms with E-state index in [-0.39, 0.29) is 11.3 Å². The molecule has 0 aliphatic carbocycles. The number of amides is 2. The highest BCUT2D eigenvalue weighted by molar-refractivity contribution is 6.04. The molecule has 0 radical (unpaired) electrons. The maximum Gasteiger partial charge on any atom is 0.256 e. The summed E-state index contributed by atoms with van der Waals surface area (Å²) < 4.78 is 24.3. The third-order valence-electron chi connectivity index (χ3n) is 4.51. The van der Waals surface area contributed by atoms with Gasteiger partial charge in [-0.15, -0.1) is 0 Å². The molecule has 0 spiro atoms. The summed E-state index contributed by atoms with van der Waals surface area (Å²) in [5.74, 6) is 0.246. The summed E-state index contributed by atoms with van der Waals surface area (Å²) in [7, 11) is 3.20. The maximum absolute atomic E-state index is 13.8. The second-order valence-corrected chi connectivity index (χ2v) is 6.83. The summed E-state index contributed by atoms with van der Waals surface area (Å²) in [5, 5.41) is 12.0. The molecule has 0 saturated heterocycles. The summed E-state index contributed by atoms with van der Waals surface area (Å²) in [6.45, 7) is 1.26. The molecule has 2 aromatic carbocycles. The normalized spacial score (nSPS) is 10.5. The van der Waals surface area contributed by atoms with Gasteiger partial charge in [0.25, 0.3) is 5.91 Å². The van der Waals surface area contributed by atoms with E-state index in [1.54, 1.807) is 26.4 Å². The Morgan fingerprint density at radius 2 is 1.71 bits per heavy atom. The lowest BCUT2D eigenvalue weighted by Crippen LogP contribution is -2.14. The summed E-state index contributed by atoms with van der Waals surface area (Å²) in [6.07, 6.45) is 1.36. The van der Waals surface area contributed by atoms with Gasteiger partial charge in [0.2, 0.25) is 5.91 Å². The van der Waals surface area contributed by atoms with E-state index in [4.69, 9.17) is 9.47 Å². The fraction of sp³-hybridized carbons (Fsp3) is 0.227. The van der Waals surface area contributed by atoms with Crippen molar-refractivity contribution in [2.75, 3.05) is 24.9 Å². The molecule has 0 bridgehead atoms. The monoisotopic (exact) mass is 426 g/mol. The summed E-state index contributed by atoms with van der Waals surface area (Å²) in [5.41, 5.74) is 2.00. The molecule has 3 N–H and O–H groups in total. The molecule has 0 unspecified atom stereocenters. The van der Waals surface area contributed by atoms with Gasteiger partial charge < -0.3 is 20.1 Å². The Balaban J connectivity index is 1.64. The summed E-state index contributed by atoms with van der Waals surface area (Å²) >= 11 is 0. The number of rotatable bonds is 8. The van der Waals surface area contributed by atoms with Crippen molar-refractivity contribution in [1.29, 1.82) is 0 Å². The minimum Gasteiger partial charge on any atom is -0.497 e. The molecule has 31 heavy (non-hydrogen) atoms. The molecule has 8 nitrogen and oxygen atoms in total. The van der Waals surface area contributed by atoms with Gasteiger partial charge in [-0.1, -0.05) is 0 Å². The van der Waals surface area contributed by atoms with Gasteiger partial charge in [0, 0.05) is 30.3 Å². The van der Waals surface area contributed by atoms with E-state index in [0.29, 0.717) is 30.2 Å². The van der Waals surface area contributed by atoms with Crippen LogP contribution < -0.4 is 20.1 Å². The second kappa shape index (κ2) is 9.75. The first-order chi connectivity index (χ1) is 14.9. The zero-order valence-electron chi connectivity index (χ0n) is 17.4. The van der Waals surface area contributed by atoms with Crippen LogP contribution in [0.2, 0.25) is 0 Å². The van der Waals surface area contributed by atoms with Crippen LogP contribution in [-0.4, -0.2) is 36.2 Å². The van der Waals surface area contributed by atoms with Crippen LogP contribution in [0.15, 0.2) is 42.5 Å². The number of aromatic nitrogens is 2. The molecule has 9 heteroatoms. The number of benzene rings is 2. The number of nitrogens with one attached hydrogen (secondary N) is 3. The fourth-order valence-corrected chi connectivity index (χ4v) is 2.98. The minimum atomic E-state index is -0.622. The lowest BCUT2D eigenvalue weighted by Gasteiger charge is -2.08. The van der Waals surface area contributed by atoms with Crippen molar-refractivity contribution >= 4 is 23.3 Å².